The number of halogens is 2. The average Bonchev–Trinajstić information content (AvgIpc) is 2.82. The Bertz CT molecular complexity index is 929. The molecule has 0 bridgehead atoms. The number of thioether (sulfide) groups is 1. The maximum absolute atomic E-state index is 13.6. The Hall–Kier alpha value is -1.68. The molecule has 124 valence electrons. The SMILES string of the molecule is Cn1cc(I)c2nc(SCc3ccc(F)c(CC(=O)O)c3)ncc21. The first-order valence-electron chi connectivity index (χ1n) is 7.03. The van der Waals surface area contributed by atoms with Gasteiger partial charge < -0.3 is 9.67 Å². The standard InChI is InChI=1S/C16H13FIN3O2S/c1-21-7-12(18)15-13(21)6-19-16(20-15)24-8-9-2-3-11(17)10(4-9)5-14(22)23/h2-4,6-7H,5,8H2,1H3,(H,22,23). The maximum Gasteiger partial charge on any atom is 0.307 e. The second-order valence-electron chi connectivity index (χ2n) is 5.26. The van der Waals surface area contributed by atoms with Crippen LogP contribution in [0.4, 0.5) is 4.39 Å². The molecular formula is C16H13FIN3O2S. The molecular weight excluding hydrogens is 444 g/mol. The summed E-state index contributed by atoms with van der Waals surface area (Å²) >= 11 is 3.67. The number of aromatic nitrogens is 3. The van der Waals surface area contributed by atoms with Crippen LogP contribution in [0.2, 0.25) is 0 Å². The number of fused-ring (bicyclic) bond motifs is 1. The van der Waals surface area contributed by atoms with Gasteiger partial charge in [0.1, 0.15) is 11.3 Å². The van der Waals surface area contributed by atoms with E-state index in [-0.39, 0.29) is 12.0 Å². The molecule has 2 heterocycles. The number of hydrogen-bond acceptors (Lipinski definition) is 4. The minimum Gasteiger partial charge on any atom is -0.481 e. The fraction of sp³-hybridized carbons (Fsp3) is 0.188. The molecule has 3 rings (SSSR count). The van der Waals surface area contributed by atoms with E-state index >= 15 is 0 Å². The van der Waals surface area contributed by atoms with Gasteiger partial charge in [0, 0.05) is 19.0 Å². The van der Waals surface area contributed by atoms with E-state index < -0.39 is 11.8 Å². The first-order valence-corrected chi connectivity index (χ1v) is 9.10. The highest BCUT2D eigenvalue weighted by Crippen LogP contribution is 2.25. The fourth-order valence-corrected chi connectivity index (χ4v) is 3.90. The van der Waals surface area contributed by atoms with Crippen molar-refractivity contribution < 1.29 is 14.3 Å². The predicted octanol–water partition coefficient (Wildman–Crippen LogP) is 3.63. The lowest BCUT2D eigenvalue weighted by molar-refractivity contribution is -0.136. The Labute approximate surface area is 155 Å². The van der Waals surface area contributed by atoms with E-state index in [1.807, 2.05) is 17.8 Å². The van der Waals surface area contributed by atoms with Crippen molar-refractivity contribution in [1.82, 2.24) is 14.5 Å². The van der Waals surface area contributed by atoms with Crippen LogP contribution in [0.25, 0.3) is 11.0 Å². The van der Waals surface area contributed by atoms with Gasteiger partial charge in [-0.1, -0.05) is 23.9 Å². The molecule has 0 atom stereocenters. The van der Waals surface area contributed by atoms with Crippen LogP contribution in [0, 0.1) is 9.39 Å². The first-order chi connectivity index (χ1) is 11.4. The Morgan fingerprint density at radius 3 is 3.00 bits per heavy atom. The fourth-order valence-electron chi connectivity index (χ4n) is 2.33. The summed E-state index contributed by atoms with van der Waals surface area (Å²) in [5, 5.41) is 9.46. The number of nitrogens with zero attached hydrogens (tertiary/aromatic N) is 3. The third-order valence-corrected chi connectivity index (χ3v) is 5.20. The third-order valence-electron chi connectivity index (χ3n) is 3.48. The number of carbonyl (C=O) groups is 1. The first kappa shape index (κ1) is 17.2. The number of aryl methyl sites for hydroxylation is 1. The number of hydrogen-bond donors (Lipinski definition) is 1. The molecule has 0 saturated carbocycles. The predicted molar refractivity (Wildman–Crippen MR) is 98.5 cm³/mol. The van der Waals surface area contributed by atoms with Crippen molar-refractivity contribution in [2.75, 3.05) is 0 Å². The lowest BCUT2D eigenvalue weighted by atomic mass is 10.1. The van der Waals surface area contributed by atoms with Gasteiger partial charge in [-0.3, -0.25) is 4.79 Å². The van der Waals surface area contributed by atoms with Gasteiger partial charge in [0.2, 0.25) is 0 Å². The summed E-state index contributed by atoms with van der Waals surface area (Å²) in [7, 11) is 1.95. The van der Waals surface area contributed by atoms with Gasteiger partial charge in [-0.15, -0.1) is 0 Å². The molecule has 0 fully saturated rings. The van der Waals surface area contributed by atoms with E-state index in [9.17, 15) is 9.18 Å². The molecule has 0 radical (unpaired) electrons. The molecule has 8 heteroatoms. The van der Waals surface area contributed by atoms with Crippen LogP contribution in [0.15, 0.2) is 35.7 Å². The van der Waals surface area contributed by atoms with Crippen molar-refractivity contribution in [2.24, 2.45) is 7.05 Å². The summed E-state index contributed by atoms with van der Waals surface area (Å²) in [6.45, 7) is 0. The van der Waals surface area contributed by atoms with E-state index in [0.717, 1.165) is 20.2 Å². The highest BCUT2D eigenvalue weighted by Gasteiger charge is 2.10. The van der Waals surface area contributed by atoms with Gasteiger partial charge in [0.25, 0.3) is 0 Å². The minimum absolute atomic E-state index is 0.189. The van der Waals surface area contributed by atoms with Crippen molar-refractivity contribution in [3.8, 4) is 0 Å². The van der Waals surface area contributed by atoms with Crippen molar-refractivity contribution in [1.29, 1.82) is 0 Å². The Kier molecular flexibility index (Phi) is 5.04. The lowest BCUT2D eigenvalue weighted by Gasteiger charge is -2.05. The van der Waals surface area contributed by atoms with Gasteiger partial charge in [0.05, 0.1) is 21.7 Å². The molecule has 5 nitrogen and oxygen atoms in total. The summed E-state index contributed by atoms with van der Waals surface area (Å²) in [5.41, 5.74) is 2.90. The number of benzene rings is 1. The van der Waals surface area contributed by atoms with Crippen LogP contribution in [0.5, 0.6) is 0 Å². The van der Waals surface area contributed by atoms with Crippen molar-refractivity contribution >= 4 is 51.4 Å². The molecule has 0 spiro atoms. The summed E-state index contributed by atoms with van der Waals surface area (Å²) in [4.78, 5) is 19.7. The van der Waals surface area contributed by atoms with Crippen LogP contribution in [-0.2, 0) is 24.0 Å². The lowest BCUT2D eigenvalue weighted by Crippen LogP contribution is -2.03. The third kappa shape index (κ3) is 3.69. The molecule has 0 saturated heterocycles. The van der Waals surface area contributed by atoms with E-state index in [2.05, 4.69) is 32.6 Å². The van der Waals surface area contributed by atoms with Crippen LogP contribution in [0.3, 0.4) is 0 Å². The molecule has 0 amide bonds. The maximum atomic E-state index is 13.6. The summed E-state index contributed by atoms with van der Waals surface area (Å²) in [6, 6.07) is 4.54. The molecule has 1 N–H and O–H groups in total. The van der Waals surface area contributed by atoms with E-state index in [0.29, 0.717) is 10.9 Å². The summed E-state index contributed by atoms with van der Waals surface area (Å²) < 4.78 is 16.6. The highest BCUT2D eigenvalue weighted by atomic mass is 127. The average molecular weight is 457 g/mol. The van der Waals surface area contributed by atoms with Crippen LogP contribution >= 0.6 is 34.4 Å². The molecule has 3 aromatic rings. The topological polar surface area (TPSA) is 68.0 Å². The minimum atomic E-state index is -1.05. The van der Waals surface area contributed by atoms with Crippen molar-refractivity contribution in [3.63, 3.8) is 0 Å². The second kappa shape index (κ2) is 7.06. The largest absolute Gasteiger partial charge is 0.481 e. The molecule has 24 heavy (non-hydrogen) atoms. The monoisotopic (exact) mass is 457 g/mol. The van der Waals surface area contributed by atoms with Gasteiger partial charge >= 0.3 is 5.97 Å². The Morgan fingerprint density at radius 1 is 1.46 bits per heavy atom. The second-order valence-corrected chi connectivity index (χ2v) is 7.36. The zero-order chi connectivity index (χ0) is 17.3. The van der Waals surface area contributed by atoms with Gasteiger partial charge in [-0.2, -0.15) is 0 Å². The quantitative estimate of drug-likeness (QED) is 0.360. The Morgan fingerprint density at radius 2 is 2.25 bits per heavy atom. The summed E-state index contributed by atoms with van der Waals surface area (Å²) in [5.74, 6) is -1.00. The van der Waals surface area contributed by atoms with Gasteiger partial charge in [-0.25, -0.2) is 14.4 Å². The normalized spacial score (nSPS) is 11.1. The number of aliphatic carboxylic acids is 1. The van der Waals surface area contributed by atoms with E-state index in [1.54, 1.807) is 18.3 Å². The number of carboxylic acids is 1. The smallest absolute Gasteiger partial charge is 0.307 e. The van der Waals surface area contributed by atoms with Gasteiger partial charge in [0.15, 0.2) is 5.16 Å². The van der Waals surface area contributed by atoms with Crippen molar-refractivity contribution in [2.45, 2.75) is 17.3 Å². The van der Waals surface area contributed by atoms with Crippen LogP contribution < -0.4 is 0 Å². The van der Waals surface area contributed by atoms with Crippen molar-refractivity contribution in [3.05, 3.63) is 51.1 Å². The van der Waals surface area contributed by atoms with E-state index in [4.69, 9.17) is 5.11 Å². The zero-order valence-corrected chi connectivity index (χ0v) is 15.6. The van der Waals surface area contributed by atoms with Crippen LogP contribution in [-0.4, -0.2) is 25.6 Å². The molecule has 0 unspecified atom stereocenters. The zero-order valence-electron chi connectivity index (χ0n) is 12.7. The molecule has 2 aromatic heterocycles. The molecule has 0 aliphatic carbocycles. The molecule has 1 aromatic carbocycles. The molecule has 0 aliphatic heterocycles. The summed E-state index contributed by atoms with van der Waals surface area (Å²) in [6.07, 6.45) is 3.45. The van der Waals surface area contributed by atoms with Gasteiger partial charge in [-0.05, 0) is 39.8 Å². The number of rotatable bonds is 5. The molecule has 0 aliphatic rings. The Balaban J connectivity index is 1.78. The van der Waals surface area contributed by atoms with E-state index in [1.165, 1.54) is 17.8 Å². The van der Waals surface area contributed by atoms with Crippen LogP contribution in [0.1, 0.15) is 11.1 Å². The number of carboxylic acid groups (broad SMARTS) is 1. The highest BCUT2D eigenvalue weighted by molar-refractivity contribution is 14.1.